The van der Waals surface area contributed by atoms with E-state index in [9.17, 15) is 19.2 Å². The molecule has 2 unspecified atom stereocenters. The highest BCUT2D eigenvalue weighted by atomic mass is 35.5. The van der Waals surface area contributed by atoms with Crippen molar-refractivity contribution in [2.45, 2.75) is 41.5 Å². The summed E-state index contributed by atoms with van der Waals surface area (Å²) in [4.78, 5) is 50.1. The largest absolute Gasteiger partial charge is 0.344 e. The molecule has 202 valence electrons. The summed E-state index contributed by atoms with van der Waals surface area (Å²) in [5.41, 5.74) is 2.34. The molecule has 4 amide bonds. The van der Waals surface area contributed by atoms with Gasteiger partial charge in [-0.1, -0.05) is 47.6 Å². The lowest BCUT2D eigenvalue weighted by Crippen LogP contribution is -2.59. The van der Waals surface area contributed by atoms with Crippen LogP contribution in [-0.4, -0.2) is 46.1 Å². The molecule has 38 heavy (non-hydrogen) atoms. The summed E-state index contributed by atoms with van der Waals surface area (Å²) in [5, 5.41) is 7.23. The summed E-state index contributed by atoms with van der Waals surface area (Å²) in [6.45, 7) is 0. The fraction of sp³-hybridized carbons (Fsp3) is 0.360. The van der Waals surface area contributed by atoms with Crippen molar-refractivity contribution in [2.75, 3.05) is 12.4 Å². The van der Waals surface area contributed by atoms with E-state index < -0.39 is 39.4 Å². The Balaban J connectivity index is 1.46. The normalized spacial score (nSPS) is 20.8. The minimum absolute atomic E-state index is 0.0184. The number of anilines is 1. The van der Waals surface area contributed by atoms with Crippen molar-refractivity contribution in [3.63, 3.8) is 0 Å². The summed E-state index contributed by atoms with van der Waals surface area (Å²) >= 11 is 31.3. The summed E-state index contributed by atoms with van der Waals surface area (Å²) in [7, 11) is 1.39. The van der Waals surface area contributed by atoms with Crippen LogP contribution in [0.4, 0.5) is 5.69 Å². The topological polar surface area (TPSA) is 108 Å². The third kappa shape index (κ3) is 5.70. The van der Waals surface area contributed by atoms with Crippen LogP contribution in [0.3, 0.4) is 0 Å². The van der Waals surface area contributed by atoms with Crippen LogP contribution < -0.4 is 16.1 Å². The Morgan fingerprint density at radius 1 is 1.00 bits per heavy atom. The second kappa shape index (κ2) is 11.1. The number of amides is 4. The van der Waals surface area contributed by atoms with E-state index in [2.05, 4.69) is 16.1 Å². The van der Waals surface area contributed by atoms with Crippen LogP contribution in [0.5, 0.6) is 0 Å². The predicted molar refractivity (Wildman–Crippen MR) is 148 cm³/mol. The second-order valence-electron chi connectivity index (χ2n) is 9.37. The van der Waals surface area contributed by atoms with Crippen molar-refractivity contribution in [3.8, 4) is 0 Å². The Morgan fingerprint density at radius 2 is 1.63 bits per heavy atom. The molecule has 2 aliphatic rings. The molecule has 0 spiro atoms. The number of benzene rings is 2. The smallest absolute Gasteiger partial charge is 0.271 e. The van der Waals surface area contributed by atoms with Crippen LogP contribution in [0, 0.1) is 5.92 Å². The highest BCUT2D eigenvalue weighted by molar-refractivity contribution is 6.53. The maximum absolute atomic E-state index is 13.1. The molecule has 13 heteroatoms. The summed E-state index contributed by atoms with van der Waals surface area (Å²) in [5.74, 6) is -2.94. The van der Waals surface area contributed by atoms with Crippen molar-refractivity contribution >= 4 is 87.8 Å². The quantitative estimate of drug-likeness (QED) is 0.221. The Hall–Kier alpha value is -2.23. The molecule has 3 N–H and O–H groups in total. The molecule has 0 bridgehead atoms. The molecule has 4 rings (SSSR count). The monoisotopic (exact) mass is 618 g/mol. The van der Waals surface area contributed by atoms with Crippen LogP contribution in [0.2, 0.25) is 15.1 Å². The number of carbonyl (C=O) groups is 4. The van der Waals surface area contributed by atoms with Crippen molar-refractivity contribution in [3.05, 3.63) is 62.6 Å². The molecule has 2 aliphatic carbocycles. The average Bonchev–Trinajstić information content (AvgIpc) is 3.16. The van der Waals surface area contributed by atoms with Gasteiger partial charge in [-0.05, 0) is 54.8 Å². The molecular formula is C25H23Cl5N4O4. The van der Waals surface area contributed by atoms with Gasteiger partial charge in [0.2, 0.25) is 12.3 Å². The summed E-state index contributed by atoms with van der Waals surface area (Å²) in [6.07, 6.45) is 2.99. The molecule has 2 aromatic rings. The molecule has 0 saturated heterocycles. The Morgan fingerprint density at radius 3 is 2.24 bits per heavy atom. The lowest BCUT2D eigenvalue weighted by Gasteiger charge is -2.31. The van der Waals surface area contributed by atoms with Gasteiger partial charge in [-0.15, -0.1) is 23.2 Å². The molecule has 2 saturated carbocycles. The van der Waals surface area contributed by atoms with Gasteiger partial charge in [-0.3, -0.25) is 29.6 Å². The fourth-order valence-electron chi connectivity index (χ4n) is 4.92. The first-order valence-electron chi connectivity index (χ1n) is 11.6. The first-order valence-corrected chi connectivity index (χ1v) is 13.5. The number of carbonyl (C=O) groups excluding carboxylic acids is 4. The number of halogens is 5. The first-order chi connectivity index (χ1) is 17.9. The molecule has 0 heterocycles. The number of nitrogens with one attached hydrogen (secondary N) is 3. The zero-order valence-electron chi connectivity index (χ0n) is 20.0. The van der Waals surface area contributed by atoms with Crippen molar-refractivity contribution in [1.82, 2.24) is 15.8 Å². The van der Waals surface area contributed by atoms with E-state index in [0.717, 1.165) is 17.9 Å². The number of nitrogens with zero attached hydrogens (tertiary/aromatic N) is 1. The highest BCUT2D eigenvalue weighted by Crippen LogP contribution is 2.65. The van der Waals surface area contributed by atoms with Gasteiger partial charge in [-0.25, -0.2) is 0 Å². The second-order valence-corrected chi connectivity index (χ2v) is 12.1. The number of rotatable bonds is 7. The molecule has 0 radical (unpaired) electrons. The van der Waals surface area contributed by atoms with Crippen molar-refractivity contribution in [2.24, 2.45) is 5.92 Å². The predicted octanol–water partition coefficient (Wildman–Crippen LogP) is 5.33. The van der Waals surface area contributed by atoms with Crippen LogP contribution >= 0.6 is 58.0 Å². The van der Waals surface area contributed by atoms with E-state index in [-0.39, 0.29) is 16.3 Å². The van der Waals surface area contributed by atoms with Gasteiger partial charge in [0, 0.05) is 28.7 Å². The third-order valence-corrected chi connectivity index (χ3v) is 8.54. The van der Waals surface area contributed by atoms with Gasteiger partial charge in [0.05, 0.1) is 16.5 Å². The number of hydrazine groups is 1. The van der Waals surface area contributed by atoms with Gasteiger partial charge < -0.3 is 10.6 Å². The van der Waals surface area contributed by atoms with E-state index in [4.69, 9.17) is 58.0 Å². The van der Waals surface area contributed by atoms with E-state index in [1.165, 1.54) is 25.2 Å². The first kappa shape index (κ1) is 28.8. The summed E-state index contributed by atoms with van der Waals surface area (Å²) < 4.78 is -1.38. The number of alkyl halides is 2. The molecule has 0 aliphatic heterocycles. The standard InChI is InChI=1S/C25H23Cl5N4O4/c1-34(23(38)24(31-12-35)6-2-3-7-24)33-21(36)17-11-16(4-5-18(17)28)32-22(37)20-19(25(20,29)30)13-8-14(26)10-15(27)9-13/h4-5,8-12,19-20H,2-3,6-7H2,1H3,(H,31,35)(H,32,37)(H,33,36). The summed E-state index contributed by atoms with van der Waals surface area (Å²) in [6, 6.07) is 9.19. The van der Waals surface area contributed by atoms with E-state index >= 15 is 0 Å². The zero-order chi connectivity index (χ0) is 27.8. The Labute approximate surface area is 244 Å². The van der Waals surface area contributed by atoms with Gasteiger partial charge in [-0.2, -0.15) is 0 Å². The van der Waals surface area contributed by atoms with Crippen molar-refractivity contribution < 1.29 is 19.2 Å². The fourth-order valence-corrected chi connectivity index (χ4v) is 6.49. The van der Waals surface area contributed by atoms with Gasteiger partial charge in [0.1, 0.15) is 9.87 Å². The third-order valence-electron chi connectivity index (χ3n) is 6.83. The van der Waals surface area contributed by atoms with Crippen LogP contribution in [0.25, 0.3) is 0 Å². The van der Waals surface area contributed by atoms with Crippen LogP contribution in [-0.2, 0) is 14.4 Å². The van der Waals surface area contributed by atoms with E-state index in [1.54, 1.807) is 18.2 Å². The van der Waals surface area contributed by atoms with E-state index in [1.807, 2.05) is 0 Å². The SMILES string of the molecule is CN(NC(=O)c1cc(NC(=O)C2C(c3cc(Cl)cc(Cl)c3)C2(Cl)Cl)ccc1Cl)C(=O)C1(NC=O)CCCC1. The Kier molecular flexibility index (Phi) is 8.40. The van der Waals surface area contributed by atoms with E-state index in [0.29, 0.717) is 34.9 Å². The number of hydrogen-bond acceptors (Lipinski definition) is 4. The average molecular weight is 621 g/mol. The molecule has 2 fully saturated rings. The lowest BCUT2D eigenvalue weighted by atomic mass is 9.96. The molecular weight excluding hydrogens is 598 g/mol. The molecule has 2 aromatic carbocycles. The minimum Gasteiger partial charge on any atom is -0.344 e. The maximum Gasteiger partial charge on any atom is 0.271 e. The van der Waals surface area contributed by atoms with Crippen LogP contribution in [0.15, 0.2) is 36.4 Å². The molecule has 0 aromatic heterocycles. The Bertz CT molecular complexity index is 1280. The molecule has 8 nitrogen and oxygen atoms in total. The minimum atomic E-state index is -1.38. The van der Waals surface area contributed by atoms with Gasteiger partial charge in [0.25, 0.3) is 11.8 Å². The van der Waals surface area contributed by atoms with Gasteiger partial charge >= 0.3 is 0 Å². The lowest BCUT2D eigenvalue weighted by molar-refractivity contribution is -0.140. The maximum atomic E-state index is 13.1. The van der Waals surface area contributed by atoms with Crippen LogP contribution in [0.1, 0.15) is 47.5 Å². The molecule has 2 atom stereocenters. The highest BCUT2D eigenvalue weighted by Gasteiger charge is 2.67. The van der Waals surface area contributed by atoms with Gasteiger partial charge in [0.15, 0.2) is 0 Å². The number of hydrogen-bond donors (Lipinski definition) is 3. The zero-order valence-corrected chi connectivity index (χ0v) is 23.8. The van der Waals surface area contributed by atoms with Crippen molar-refractivity contribution in [1.29, 1.82) is 0 Å². The number of likely N-dealkylation sites (N-methyl/N-ethyl adjacent to an activating group) is 1.